The molecule has 1 saturated heterocycles. The molecule has 0 radical (unpaired) electrons. The Kier molecular flexibility index (Phi) is 5.47. The van der Waals surface area contributed by atoms with Gasteiger partial charge in [0.25, 0.3) is 0 Å². The second kappa shape index (κ2) is 5.41. The van der Waals surface area contributed by atoms with Gasteiger partial charge in [-0.05, 0) is 0 Å². The standard InChI is InChI=1S/C3H13O4Si4.CH3.Pr/c1-5-10-6-9(3)11(7-10)8(2)4;;/h4,8-9,11H,1-3H3;1H3;. The summed E-state index contributed by atoms with van der Waals surface area (Å²) in [6, 6.07) is 0. The molecular formula is C4H16O4PrSi4. The Morgan fingerprint density at radius 3 is 2.38 bits per heavy atom. The predicted octanol–water partition coefficient (Wildman–Crippen LogP) is -1.17. The molecule has 1 N–H and O–H groups in total. The van der Waals surface area contributed by atoms with E-state index in [1.54, 1.807) is 7.11 Å². The molecule has 0 bridgehead atoms. The van der Waals surface area contributed by atoms with Crippen LogP contribution in [0.2, 0.25) is 15.6 Å². The quantitative estimate of drug-likeness (QED) is 0.626. The molecule has 1 heterocycles. The first-order valence-corrected chi connectivity index (χ1v) is 24.6. The first kappa shape index (κ1) is 13.1. The van der Waals surface area contributed by atoms with Crippen LogP contribution in [-0.2, 0) is 12.7 Å². The van der Waals surface area contributed by atoms with Crippen LogP contribution in [0.1, 0.15) is 0 Å². The van der Waals surface area contributed by atoms with Crippen molar-refractivity contribution in [3.05, 3.63) is 0 Å². The van der Waals surface area contributed by atoms with Gasteiger partial charge in [0.05, 0.1) is 0 Å². The van der Waals surface area contributed by atoms with Crippen LogP contribution in [0.5, 0.6) is 0 Å². The van der Waals surface area contributed by atoms with E-state index in [4.69, 9.17) is 12.7 Å². The molecule has 75 valence electrons. The summed E-state index contributed by atoms with van der Waals surface area (Å²) in [6.07, 6.45) is 0. The fourth-order valence-corrected chi connectivity index (χ4v) is 66.6. The van der Waals surface area contributed by atoms with E-state index in [9.17, 15) is 4.80 Å². The van der Waals surface area contributed by atoms with Crippen LogP contribution < -0.4 is 0 Å². The van der Waals surface area contributed by atoms with E-state index in [1.165, 1.54) is 0 Å². The zero-order chi connectivity index (χ0) is 10.1. The molecule has 1 aliphatic heterocycles. The number of hydrogen-bond acceptors (Lipinski definition) is 4. The topological polar surface area (TPSA) is 47.9 Å². The van der Waals surface area contributed by atoms with Crippen LogP contribution in [-0.4, -0.2) is 40.4 Å². The summed E-state index contributed by atoms with van der Waals surface area (Å²) in [5.74, 6) is 0. The van der Waals surface area contributed by atoms with Gasteiger partial charge in [0, 0.05) is 0 Å². The van der Waals surface area contributed by atoms with Crippen LogP contribution >= 0.6 is 0 Å². The summed E-state index contributed by atoms with van der Waals surface area (Å²) in [5, 5.41) is 0. The van der Waals surface area contributed by atoms with Gasteiger partial charge in [-0.1, -0.05) is 0 Å². The number of hydrogen-bond donors (Lipinski definition) is 1. The average molecular weight is 381 g/mol. The first-order valence-electron chi connectivity index (χ1n) is 4.44. The van der Waals surface area contributed by atoms with E-state index < -0.39 is 64.5 Å². The van der Waals surface area contributed by atoms with Gasteiger partial charge in [-0.2, -0.15) is 0 Å². The Bertz CT molecular complexity index is 178. The van der Waals surface area contributed by atoms with E-state index >= 15 is 0 Å². The summed E-state index contributed by atoms with van der Waals surface area (Å²) in [7, 11) is -2.31. The van der Waals surface area contributed by atoms with Crippen molar-refractivity contribution < 1.29 is 53.5 Å². The summed E-state index contributed by atoms with van der Waals surface area (Å²) < 4.78 is 17.7. The maximum absolute atomic E-state index is 9.67. The van der Waals surface area contributed by atoms with Crippen LogP contribution in [0.25, 0.3) is 0 Å². The molecule has 4 nitrogen and oxygen atoms in total. The second-order valence-electron chi connectivity index (χ2n) is 3.24. The first-order chi connectivity index (χ1) is 6.04. The predicted molar refractivity (Wildman–Crippen MR) is 56.2 cm³/mol. The summed E-state index contributed by atoms with van der Waals surface area (Å²) >= 11 is -0.958. The molecule has 13 heavy (non-hydrogen) atoms. The van der Waals surface area contributed by atoms with Gasteiger partial charge in [-0.15, -0.1) is 0 Å². The Balaban J connectivity index is 2.67. The molecule has 1 aliphatic rings. The van der Waals surface area contributed by atoms with Crippen molar-refractivity contribution in [2.45, 2.75) is 15.6 Å². The van der Waals surface area contributed by atoms with Crippen molar-refractivity contribution in [1.29, 1.82) is 0 Å². The third-order valence-electron chi connectivity index (χ3n) is 2.23. The normalized spacial score (nSPS) is 41.6. The Hall–Kier alpha value is 2.07. The molecule has 0 spiro atoms. The van der Waals surface area contributed by atoms with E-state index in [0.29, 0.717) is 0 Å². The number of rotatable bonds is 3. The van der Waals surface area contributed by atoms with Crippen molar-refractivity contribution in [2.75, 3.05) is 7.11 Å². The molecule has 4 atom stereocenters. The summed E-state index contributed by atoms with van der Waals surface area (Å²) in [5.41, 5.74) is 0. The molecule has 0 saturated carbocycles. The van der Waals surface area contributed by atoms with Crippen LogP contribution in [0, 0.1) is 36.0 Å². The fourth-order valence-electron chi connectivity index (χ4n) is 1.48. The summed E-state index contributed by atoms with van der Waals surface area (Å²) in [4.78, 5) is 9.67. The van der Waals surface area contributed by atoms with E-state index in [2.05, 4.69) is 9.05 Å². The second-order valence-corrected chi connectivity index (χ2v) is 35.5. The third kappa shape index (κ3) is 3.02. The molecule has 4 unspecified atom stereocenters. The van der Waals surface area contributed by atoms with Gasteiger partial charge in [0.2, 0.25) is 0 Å². The zero-order valence-corrected chi connectivity index (χ0v) is 16.6. The minimum absolute atomic E-state index is 0.958. The fraction of sp³-hybridized carbons (Fsp3) is 1.00. The van der Waals surface area contributed by atoms with Crippen molar-refractivity contribution >= 4 is 28.5 Å². The molecule has 0 amide bonds. The van der Waals surface area contributed by atoms with Crippen molar-refractivity contribution in [2.24, 2.45) is 0 Å². The maximum atomic E-state index is 9.67. The molecule has 1 rings (SSSR count). The van der Waals surface area contributed by atoms with Crippen molar-refractivity contribution in [1.82, 2.24) is 0 Å². The Morgan fingerprint density at radius 2 is 2.15 bits per heavy atom. The summed E-state index contributed by atoms with van der Waals surface area (Å²) in [6.45, 7) is 4.14. The monoisotopic (exact) mass is 381 g/mol. The van der Waals surface area contributed by atoms with Crippen LogP contribution in [0.3, 0.4) is 0 Å². The van der Waals surface area contributed by atoms with Crippen LogP contribution in [0.4, 0.5) is 0 Å². The SMILES string of the molecule is CO[Si]1([Pr][CH3])O[SiH](C)[SiH]([SiH](C)O)O1. The molecule has 1 fully saturated rings. The van der Waals surface area contributed by atoms with Crippen molar-refractivity contribution in [3.8, 4) is 0 Å². The van der Waals surface area contributed by atoms with Gasteiger partial charge in [-0.3, -0.25) is 0 Å². The third-order valence-corrected chi connectivity index (χ3v) is 46.7. The van der Waals surface area contributed by atoms with Gasteiger partial charge in [0.1, 0.15) is 0 Å². The van der Waals surface area contributed by atoms with E-state index in [-0.39, 0.29) is 0 Å². The average Bonchev–Trinajstić information content (AvgIpc) is 2.44. The van der Waals surface area contributed by atoms with Gasteiger partial charge >= 0.3 is 105 Å². The van der Waals surface area contributed by atoms with E-state index in [1.807, 2.05) is 6.55 Å². The van der Waals surface area contributed by atoms with Gasteiger partial charge in [0.15, 0.2) is 0 Å². The molecular weight excluding hydrogens is 365 g/mol. The van der Waals surface area contributed by atoms with Gasteiger partial charge < -0.3 is 0 Å². The van der Waals surface area contributed by atoms with Crippen LogP contribution in [0.15, 0.2) is 0 Å². The van der Waals surface area contributed by atoms with E-state index in [0.717, 1.165) is 0 Å². The molecule has 0 aromatic carbocycles. The molecule has 0 aromatic heterocycles. The molecule has 9 heteroatoms. The Labute approximate surface area is 103 Å². The minimum atomic E-state index is -2.06. The van der Waals surface area contributed by atoms with Gasteiger partial charge in [-0.25, -0.2) is 0 Å². The van der Waals surface area contributed by atoms with Crippen molar-refractivity contribution in [3.63, 3.8) is 0 Å². The zero-order valence-electron chi connectivity index (χ0n) is 8.48. The molecule has 0 aliphatic carbocycles. The molecule has 0 aromatic rings. The Morgan fingerprint density at radius 1 is 1.54 bits per heavy atom.